The number of imide groups is 1. The Hall–Kier alpha value is -2.45. The lowest BCUT2D eigenvalue weighted by Crippen LogP contribution is -2.32. The molecule has 0 radical (unpaired) electrons. The molecule has 3 rings (SSSR count). The van der Waals surface area contributed by atoms with Crippen LogP contribution in [-0.4, -0.2) is 24.5 Å². The molecule has 0 aliphatic heterocycles. The van der Waals surface area contributed by atoms with Crippen LogP contribution in [0.15, 0.2) is 23.6 Å². The van der Waals surface area contributed by atoms with Gasteiger partial charge in [0.2, 0.25) is 5.91 Å². The topological polar surface area (TPSA) is 84.5 Å². The molecule has 2 N–H and O–H groups in total. The number of alkyl carbamates (subject to hydrolysis) is 1. The Labute approximate surface area is 158 Å². The van der Waals surface area contributed by atoms with Gasteiger partial charge in [-0.3, -0.25) is 14.9 Å². The molecule has 6 nitrogen and oxygen atoms in total. The maximum atomic E-state index is 12.5. The summed E-state index contributed by atoms with van der Waals surface area (Å²) >= 11 is 2.92. The fourth-order valence-corrected chi connectivity index (χ4v) is 4.66. The third kappa shape index (κ3) is 4.20. The number of carbonyl (C=O) groups is 3. The molecule has 0 fully saturated rings. The fraction of sp³-hybridized carbons (Fsp3) is 0.278. The summed E-state index contributed by atoms with van der Waals surface area (Å²) in [7, 11) is 0. The second-order valence-electron chi connectivity index (χ2n) is 5.57. The quantitative estimate of drug-likeness (QED) is 0.760. The lowest BCUT2D eigenvalue weighted by molar-refractivity contribution is -0.111. The second kappa shape index (κ2) is 8.29. The van der Waals surface area contributed by atoms with Crippen molar-refractivity contribution in [2.24, 2.45) is 0 Å². The van der Waals surface area contributed by atoms with Gasteiger partial charge in [-0.05, 0) is 49.3 Å². The van der Waals surface area contributed by atoms with Crippen molar-refractivity contribution in [2.75, 3.05) is 11.9 Å². The number of fused-ring (bicyclic) bond motifs is 1. The Morgan fingerprint density at radius 1 is 1.31 bits per heavy atom. The van der Waals surface area contributed by atoms with Gasteiger partial charge < -0.3 is 10.1 Å². The van der Waals surface area contributed by atoms with Crippen LogP contribution in [0, 0.1) is 0 Å². The highest BCUT2D eigenvalue weighted by molar-refractivity contribution is 7.17. The first kappa shape index (κ1) is 18.3. The van der Waals surface area contributed by atoms with Gasteiger partial charge in [-0.25, -0.2) is 4.79 Å². The van der Waals surface area contributed by atoms with E-state index in [-0.39, 0.29) is 12.5 Å². The minimum absolute atomic E-state index is 0.179. The Morgan fingerprint density at radius 3 is 2.88 bits per heavy atom. The summed E-state index contributed by atoms with van der Waals surface area (Å²) in [4.78, 5) is 38.4. The van der Waals surface area contributed by atoms with Gasteiger partial charge in [0.1, 0.15) is 5.00 Å². The van der Waals surface area contributed by atoms with E-state index in [1.165, 1.54) is 28.7 Å². The van der Waals surface area contributed by atoms with Gasteiger partial charge in [-0.1, -0.05) is 6.07 Å². The summed E-state index contributed by atoms with van der Waals surface area (Å²) in [5.74, 6) is -0.858. The minimum Gasteiger partial charge on any atom is -0.450 e. The summed E-state index contributed by atoms with van der Waals surface area (Å²) in [6.45, 7) is 1.84. The number of amides is 3. The molecule has 3 amide bonds. The Morgan fingerprint density at radius 2 is 2.15 bits per heavy atom. The first-order valence-corrected chi connectivity index (χ1v) is 9.93. The van der Waals surface area contributed by atoms with Crippen LogP contribution in [0.4, 0.5) is 9.80 Å². The van der Waals surface area contributed by atoms with Gasteiger partial charge >= 0.3 is 6.09 Å². The van der Waals surface area contributed by atoms with Crippen LogP contribution >= 0.6 is 22.7 Å². The number of hydrogen-bond acceptors (Lipinski definition) is 6. The van der Waals surface area contributed by atoms with Crippen molar-refractivity contribution in [1.82, 2.24) is 5.32 Å². The number of thiophene rings is 2. The summed E-state index contributed by atoms with van der Waals surface area (Å²) in [6, 6.07) is 3.82. The van der Waals surface area contributed by atoms with Crippen LogP contribution in [0.1, 0.15) is 39.0 Å². The number of aryl methyl sites for hydroxylation is 1. The van der Waals surface area contributed by atoms with Crippen molar-refractivity contribution >= 4 is 51.7 Å². The largest absolute Gasteiger partial charge is 0.450 e. The molecule has 1 aliphatic rings. The van der Waals surface area contributed by atoms with Crippen molar-refractivity contribution in [3.63, 3.8) is 0 Å². The number of carbonyl (C=O) groups excluding carboxylic acids is 3. The second-order valence-corrected chi connectivity index (χ2v) is 7.66. The van der Waals surface area contributed by atoms with Crippen molar-refractivity contribution in [3.8, 4) is 0 Å². The van der Waals surface area contributed by atoms with E-state index in [1.54, 1.807) is 13.0 Å². The third-order valence-corrected chi connectivity index (χ3v) is 5.86. The molecule has 2 heterocycles. The van der Waals surface area contributed by atoms with E-state index in [9.17, 15) is 14.4 Å². The van der Waals surface area contributed by atoms with Crippen LogP contribution in [0.25, 0.3) is 6.08 Å². The predicted molar refractivity (Wildman–Crippen MR) is 103 cm³/mol. The van der Waals surface area contributed by atoms with Crippen LogP contribution < -0.4 is 10.6 Å². The van der Waals surface area contributed by atoms with Gasteiger partial charge in [0.25, 0.3) is 5.91 Å². The zero-order valence-corrected chi connectivity index (χ0v) is 15.8. The molecule has 26 heavy (non-hydrogen) atoms. The number of rotatable bonds is 5. The highest BCUT2D eigenvalue weighted by atomic mass is 32.1. The van der Waals surface area contributed by atoms with E-state index >= 15 is 0 Å². The molecule has 0 atom stereocenters. The minimum atomic E-state index is -0.787. The van der Waals surface area contributed by atoms with Crippen molar-refractivity contribution < 1.29 is 19.1 Å². The first-order valence-electron chi connectivity index (χ1n) is 8.23. The van der Waals surface area contributed by atoms with Crippen LogP contribution in [0.3, 0.4) is 0 Å². The summed E-state index contributed by atoms with van der Waals surface area (Å²) < 4.78 is 4.77. The fourth-order valence-electron chi connectivity index (χ4n) is 2.75. The van der Waals surface area contributed by atoms with Crippen LogP contribution in [0.5, 0.6) is 0 Å². The molecule has 1 aliphatic carbocycles. The summed E-state index contributed by atoms with van der Waals surface area (Å²) in [6.07, 6.45) is 4.97. The van der Waals surface area contributed by atoms with Crippen LogP contribution in [0.2, 0.25) is 0 Å². The van der Waals surface area contributed by atoms with Crippen molar-refractivity contribution in [1.29, 1.82) is 0 Å². The van der Waals surface area contributed by atoms with Gasteiger partial charge in [-0.15, -0.1) is 22.7 Å². The average Bonchev–Trinajstić information content (AvgIpc) is 3.30. The Kier molecular flexibility index (Phi) is 5.85. The SMILES string of the molecule is CCOC(=O)NC(=O)c1c(NC(=O)/C=C/c2cccs2)sc2c1CCC2. The highest BCUT2D eigenvalue weighted by Crippen LogP contribution is 2.39. The smallest absolute Gasteiger partial charge is 0.414 e. The number of nitrogens with one attached hydrogen (secondary N) is 2. The molecule has 0 saturated heterocycles. The normalized spacial score (nSPS) is 12.8. The molecule has 136 valence electrons. The van der Waals surface area contributed by atoms with E-state index < -0.39 is 12.0 Å². The first-order chi connectivity index (χ1) is 12.6. The summed E-state index contributed by atoms with van der Waals surface area (Å²) in [5, 5.41) is 7.39. The van der Waals surface area contributed by atoms with E-state index in [4.69, 9.17) is 4.74 Å². The van der Waals surface area contributed by atoms with Gasteiger partial charge in [-0.2, -0.15) is 0 Å². The maximum absolute atomic E-state index is 12.5. The van der Waals surface area contributed by atoms with Gasteiger partial charge in [0.05, 0.1) is 12.2 Å². The van der Waals surface area contributed by atoms with Crippen LogP contribution in [-0.2, 0) is 22.4 Å². The zero-order valence-electron chi connectivity index (χ0n) is 14.2. The Balaban J connectivity index is 1.77. The van der Waals surface area contributed by atoms with Gasteiger partial charge in [0.15, 0.2) is 0 Å². The molecule has 0 spiro atoms. The molecule has 0 aromatic carbocycles. The molecule has 2 aromatic rings. The lowest BCUT2D eigenvalue weighted by atomic mass is 10.1. The van der Waals surface area contributed by atoms with Crippen molar-refractivity contribution in [3.05, 3.63) is 44.5 Å². The molecule has 8 heteroatoms. The van der Waals surface area contributed by atoms with E-state index in [0.29, 0.717) is 10.6 Å². The van der Waals surface area contributed by atoms with E-state index in [0.717, 1.165) is 34.6 Å². The van der Waals surface area contributed by atoms with Gasteiger partial charge in [0, 0.05) is 15.8 Å². The predicted octanol–water partition coefficient (Wildman–Crippen LogP) is 3.84. The average molecular weight is 390 g/mol. The molecular formula is C18H18N2O4S2. The standard InChI is InChI=1S/C18H18N2O4S2/c1-2-24-18(23)20-16(22)15-12-6-3-7-13(12)26-17(15)19-14(21)9-8-11-5-4-10-25-11/h4-5,8-10H,2-3,6-7H2,1H3,(H,19,21)(H,20,22,23)/b9-8+. The molecule has 0 unspecified atom stereocenters. The lowest BCUT2D eigenvalue weighted by Gasteiger charge is -2.07. The molecular weight excluding hydrogens is 372 g/mol. The zero-order chi connectivity index (χ0) is 18.5. The molecule has 2 aromatic heterocycles. The molecule has 0 saturated carbocycles. The summed E-state index contributed by atoms with van der Waals surface area (Å²) in [5.41, 5.74) is 1.28. The maximum Gasteiger partial charge on any atom is 0.414 e. The monoisotopic (exact) mass is 390 g/mol. The number of hydrogen-bond donors (Lipinski definition) is 2. The number of ether oxygens (including phenoxy) is 1. The number of anilines is 1. The Bertz CT molecular complexity index is 853. The highest BCUT2D eigenvalue weighted by Gasteiger charge is 2.28. The molecule has 0 bridgehead atoms. The van der Waals surface area contributed by atoms with E-state index in [2.05, 4.69) is 10.6 Å². The van der Waals surface area contributed by atoms with E-state index in [1.807, 2.05) is 17.5 Å². The van der Waals surface area contributed by atoms with Crippen molar-refractivity contribution in [2.45, 2.75) is 26.2 Å². The third-order valence-electron chi connectivity index (χ3n) is 3.82.